The highest BCUT2D eigenvalue weighted by Gasteiger charge is 2.36. The van der Waals surface area contributed by atoms with E-state index in [0.717, 1.165) is 17.7 Å². The maximum absolute atomic E-state index is 13.9. The van der Waals surface area contributed by atoms with Crippen LogP contribution in [0, 0.1) is 6.92 Å². The van der Waals surface area contributed by atoms with Gasteiger partial charge in [-0.25, -0.2) is 8.42 Å². The van der Waals surface area contributed by atoms with Crippen LogP contribution in [0.2, 0.25) is 5.02 Å². The van der Waals surface area contributed by atoms with E-state index >= 15 is 0 Å². The van der Waals surface area contributed by atoms with Gasteiger partial charge in [-0.3, -0.25) is 13.9 Å². The summed E-state index contributed by atoms with van der Waals surface area (Å²) in [6, 6.07) is 15.2. The second-order valence-electron chi connectivity index (χ2n) is 9.84. The number of sulfonamides is 1. The van der Waals surface area contributed by atoms with Crippen molar-refractivity contribution in [3.63, 3.8) is 0 Å². The third-order valence-electron chi connectivity index (χ3n) is 6.22. The molecule has 1 N–H and O–H groups in total. The smallest absolute Gasteiger partial charge is 0.352 e. The van der Waals surface area contributed by atoms with Gasteiger partial charge < -0.3 is 10.2 Å². The summed E-state index contributed by atoms with van der Waals surface area (Å²) in [7, 11) is -4.58. The molecule has 0 spiro atoms. The predicted molar refractivity (Wildman–Crippen MR) is 152 cm³/mol. The number of aryl methyl sites for hydroxylation is 1. The number of nitrogens with zero attached hydrogens (tertiary/aromatic N) is 2. The lowest BCUT2D eigenvalue weighted by molar-refractivity contribution is -0.139. The minimum Gasteiger partial charge on any atom is -0.352 e. The molecule has 3 aromatic rings. The number of hydrogen-bond acceptors (Lipinski definition) is 4. The van der Waals surface area contributed by atoms with Gasteiger partial charge >= 0.3 is 6.18 Å². The normalized spacial score (nSPS) is 12.6. The molecule has 0 aromatic heterocycles. The summed E-state index contributed by atoms with van der Waals surface area (Å²) < 4.78 is 69.0. The summed E-state index contributed by atoms with van der Waals surface area (Å²) in [6.45, 7) is 5.92. The van der Waals surface area contributed by atoms with Gasteiger partial charge in [0.2, 0.25) is 11.8 Å². The van der Waals surface area contributed by atoms with Crippen LogP contribution in [0.4, 0.5) is 18.9 Å². The van der Waals surface area contributed by atoms with Crippen LogP contribution in [-0.4, -0.2) is 43.8 Å². The van der Waals surface area contributed by atoms with Gasteiger partial charge in [0, 0.05) is 12.6 Å². The lowest BCUT2D eigenvalue weighted by Gasteiger charge is -2.32. The van der Waals surface area contributed by atoms with E-state index in [1.54, 1.807) is 32.0 Å². The molecule has 7 nitrogen and oxygen atoms in total. The van der Waals surface area contributed by atoms with E-state index in [-0.39, 0.29) is 22.5 Å². The molecule has 0 bridgehead atoms. The molecule has 0 saturated heterocycles. The first-order chi connectivity index (χ1) is 19.1. The Morgan fingerprint density at radius 1 is 0.951 bits per heavy atom. The van der Waals surface area contributed by atoms with Crippen molar-refractivity contribution in [2.75, 3.05) is 10.8 Å². The van der Waals surface area contributed by atoms with Gasteiger partial charge in [0.1, 0.15) is 12.6 Å². The van der Waals surface area contributed by atoms with Crippen molar-refractivity contribution >= 4 is 39.1 Å². The quantitative estimate of drug-likeness (QED) is 0.315. The number of rotatable bonds is 10. The van der Waals surface area contributed by atoms with E-state index in [9.17, 15) is 31.2 Å². The number of halogens is 4. The monoisotopic (exact) mass is 609 g/mol. The van der Waals surface area contributed by atoms with Gasteiger partial charge in [0.05, 0.1) is 21.2 Å². The number of anilines is 1. The van der Waals surface area contributed by atoms with E-state index in [1.807, 2.05) is 19.1 Å². The molecule has 0 heterocycles. The van der Waals surface area contributed by atoms with Gasteiger partial charge in [-0.1, -0.05) is 59.6 Å². The zero-order chi connectivity index (χ0) is 30.5. The Balaban J connectivity index is 2.12. The highest BCUT2D eigenvalue weighted by Crippen LogP contribution is 2.37. The molecular formula is C29H31ClF3N3O4S. The maximum Gasteiger partial charge on any atom is 0.416 e. The highest BCUT2D eigenvalue weighted by atomic mass is 35.5. The van der Waals surface area contributed by atoms with Crippen LogP contribution in [0.15, 0.2) is 77.7 Å². The van der Waals surface area contributed by atoms with Crippen LogP contribution >= 0.6 is 11.6 Å². The van der Waals surface area contributed by atoms with E-state index < -0.39 is 51.9 Å². The molecule has 41 heavy (non-hydrogen) atoms. The molecule has 3 rings (SSSR count). The second-order valence-corrected chi connectivity index (χ2v) is 12.1. The lowest BCUT2D eigenvalue weighted by Crippen LogP contribution is -2.52. The molecule has 220 valence electrons. The second kappa shape index (κ2) is 12.9. The van der Waals surface area contributed by atoms with Crippen molar-refractivity contribution in [2.24, 2.45) is 0 Å². The Kier molecular flexibility index (Phi) is 10.1. The first kappa shape index (κ1) is 32.0. The topological polar surface area (TPSA) is 86.8 Å². The molecule has 0 aliphatic rings. The summed E-state index contributed by atoms with van der Waals surface area (Å²) >= 11 is 6.25. The molecule has 0 radical (unpaired) electrons. The van der Waals surface area contributed by atoms with Crippen molar-refractivity contribution in [1.82, 2.24) is 10.2 Å². The molecule has 0 aliphatic carbocycles. The van der Waals surface area contributed by atoms with E-state index in [2.05, 4.69) is 5.32 Å². The van der Waals surface area contributed by atoms with Gasteiger partial charge in [0.15, 0.2) is 0 Å². The van der Waals surface area contributed by atoms with Crippen LogP contribution in [0.3, 0.4) is 0 Å². The average molecular weight is 610 g/mol. The minimum atomic E-state index is -4.80. The number of nitrogens with one attached hydrogen (secondary N) is 1. The first-order valence-electron chi connectivity index (χ1n) is 12.7. The zero-order valence-corrected chi connectivity index (χ0v) is 24.5. The standard InChI is InChI=1S/C29H31ClF3N3O4S/c1-19(2)34-28(38)21(4)35(17-22-12-10-20(3)11-13-22)27(37)18-36(41(39,40)24-8-6-5-7-9-24)26-16-23(29(31,32)33)14-15-25(26)30/h5-16,19,21H,17-18H2,1-4H3,(H,34,38)/t21-/m0/s1. The molecular weight excluding hydrogens is 579 g/mol. The highest BCUT2D eigenvalue weighted by molar-refractivity contribution is 7.92. The fraction of sp³-hybridized carbons (Fsp3) is 0.310. The Labute approximate surface area is 243 Å². The lowest BCUT2D eigenvalue weighted by atomic mass is 10.1. The summed E-state index contributed by atoms with van der Waals surface area (Å²) in [6.07, 6.45) is -4.80. The molecule has 0 aliphatic heterocycles. The SMILES string of the molecule is Cc1ccc(CN(C(=O)CN(c2cc(C(F)(F)F)ccc2Cl)S(=O)(=O)c2ccccc2)[C@@H](C)C(=O)NC(C)C)cc1. The third kappa shape index (κ3) is 8.01. The Morgan fingerprint density at radius 3 is 2.12 bits per heavy atom. The first-order valence-corrected chi connectivity index (χ1v) is 14.5. The number of alkyl halides is 3. The van der Waals surface area contributed by atoms with Crippen LogP contribution in [-0.2, 0) is 32.3 Å². The van der Waals surface area contributed by atoms with E-state index in [0.29, 0.717) is 15.9 Å². The number of carbonyl (C=O) groups excluding carboxylic acids is 2. The Hall–Kier alpha value is -3.57. The summed E-state index contributed by atoms with van der Waals surface area (Å²) in [4.78, 5) is 27.8. The average Bonchev–Trinajstić information content (AvgIpc) is 2.90. The van der Waals surface area contributed by atoms with E-state index in [1.165, 1.54) is 36.1 Å². The number of hydrogen-bond donors (Lipinski definition) is 1. The van der Waals surface area contributed by atoms with Crippen LogP contribution in [0.5, 0.6) is 0 Å². The molecule has 0 unspecified atom stereocenters. The van der Waals surface area contributed by atoms with Crippen molar-refractivity contribution < 1.29 is 31.2 Å². The van der Waals surface area contributed by atoms with Crippen molar-refractivity contribution in [3.8, 4) is 0 Å². The summed E-state index contributed by atoms with van der Waals surface area (Å²) in [5.41, 5.74) is -0.0219. The zero-order valence-electron chi connectivity index (χ0n) is 22.9. The van der Waals surface area contributed by atoms with Gasteiger partial charge in [-0.2, -0.15) is 13.2 Å². The summed E-state index contributed by atoms with van der Waals surface area (Å²) in [5.74, 6) is -1.29. The fourth-order valence-corrected chi connectivity index (χ4v) is 5.71. The van der Waals surface area contributed by atoms with Crippen LogP contribution in [0.25, 0.3) is 0 Å². The van der Waals surface area contributed by atoms with Crippen molar-refractivity contribution in [3.05, 3.63) is 94.5 Å². The maximum atomic E-state index is 13.9. The summed E-state index contributed by atoms with van der Waals surface area (Å²) in [5, 5.41) is 2.43. The van der Waals surface area contributed by atoms with Crippen LogP contribution < -0.4 is 9.62 Å². The van der Waals surface area contributed by atoms with Gasteiger partial charge in [-0.15, -0.1) is 0 Å². The Bertz CT molecular complexity index is 1480. The Morgan fingerprint density at radius 2 is 1.56 bits per heavy atom. The van der Waals surface area contributed by atoms with Crippen molar-refractivity contribution in [1.29, 1.82) is 0 Å². The molecule has 2 amide bonds. The number of carbonyl (C=O) groups is 2. The number of benzene rings is 3. The minimum absolute atomic E-state index is 0.0542. The molecule has 1 atom stereocenters. The van der Waals surface area contributed by atoms with Gasteiger partial charge in [-0.05, 0) is 63.6 Å². The molecule has 0 saturated carbocycles. The predicted octanol–water partition coefficient (Wildman–Crippen LogP) is 5.80. The van der Waals surface area contributed by atoms with Crippen LogP contribution in [0.1, 0.15) is 37.5 Å². The van der Waals surface area contributed by atoms with E-state index in [4.69, 9.17) is 11.6 Å². The molecule has 12 heteroatoms. The fourth-order valence-electron chi connectivity index (χ4n) is 3.99. The van der Waals surface area contributed by atoms with Crippen molar-refractivity contribution in [2.45, 2.75) is 57.4 Å². The largest absolute Gasteiger partial charge is 0.416 e. The van der Waals surface area contributed by atoms with Gasteiger partial charge in [0.25, 0.3) is 10.0 Å². The number of amides is 2. The third-order valence-corrected chi connectivity index (χ3v) is 8.32. The molecule has 3 aromatic carbocycles. The molecule has 0 fully saturated rings.